The molecule has 1 fully saturated rings. The SMILES string of the molecule is CCC1(N)C/C=C/C(=O)N(C)[C@@H](C(=O)N(C)[C@H](Cc2ccccc2)C(=O)NCCC2CCCN2C)Cc2ccc3ccc(cc3c2)C1. The summed E-state index contributed by atoms with van der Waals surface area (Å²) >= 11 is 0. The van der Waals surface area contributed by atoms with Gasteiger partial charge in [-0.15, -0.1) is 0 Å². The van der Waals surface area contributed by atoms with Gasteiger partial charge in [-0.3, -0.25) is 14.4 Å². The second kappa shape index (κ2) is 15.3. The molecule has 8 nitrogen and oxygen atoms in total. The van der Waals surface area contributed by atoms with Gasteiger partial charge in [-0.25, -0.2) is 0 Å². The first kappa shape index (κ1) is 34.3. The molecule has 2 unspecified atom stereocenters. The number of carbonyl (C=O) groups is 3. The Hall–Kier alpha value is -4.01. The molecule has 0 saturated carbocycles. The molecule has 0 spiro atoms. The van der Waals surface area contributed by atoms with E-state index in [9.17, 15) is 14.4 Å². The smallest absolute Gasteiger partial charge is 0.246 e. The van der Waals surface area contributed by atoms with E-state index in [0.29, 0.717) is 38.3 Å². The number of benzene rings is 3. The monoisotopic (exact) mass is 637 g/mol. The van der Waals surface area contributed by atoms with Gasteiger partial charge in [0.15, 0.2) is 0 Å². The Bertz CT molecular complexity index is 1590. The van der Waals surface area contributed by atoms with Crippen LogP contribution in [0.1, 0.15) is 55.7 Å². The van der Waals surface area contributed by atoms with Crippen LogP contribution in [0.4, 0.5) is 0 Å². The van der Waals surface area contributed by atoms with E-state index < -0.39 is 17.6 Å². The molecule has 250 valence electrons. The van der Waals surface area contributed by atoms with Crippen LogP contribution >= 0.6 is 0 Å². The van der Waals surface area contributed by atoms with Gasteiger partial charge in [-0.05, 0) is 85.7 Å². The van der Waals surface area contributed by atoms with Crippen molar-refractivity contribution >= 4 is 28.5 Å². The number of amides is 3. The molecular formula is C39H51N5O3. The van der Waals surface area contributed by atoms with Crippen molar-refractivity contribution in [3.8, 4) is 0 Å². The molecule has 0 radical (unpaired) electrons. The van der Waals surface area contributed by atoms with Gasteiger partial charge in [0.2, 0.25) is 17.7 Å². The molecule has 8 heteroatoms. The van der Waals surface area contributed by atoms with Crippen molar-refractivity contribution in [2.75, 3.05) is 34.2 Å². The van der Waals surface area contributed by atoms with E-state index in [1.165, 1.54) is 17.4 Å². The summed E-state index contributed by atoms with van der Waals surface area (Å²) in [5, 5.41) is 5.32. The highest BCUT2D eigenvalue weighted by atomic mass is 16.2. The lowest BCUT2D eigenvalue weighted by Gasteiger charge is -2.34. The normalized spacial score (nSPS) is 23.5. The van der Waals surface area contributed by atoms with Crippen molar-refractivity contribution < 1.29 is 14.4 Å². The van der Waals surface area contributed by atoms with E-state index in [-0.39, 0.29) is 17.7 Å². The third kappa shape index (κ3) is 8.48. The van der Waals surface area contributed by atoms with Crippen LogP contribution in [0.5, 0.6) is 0 Å². The van der Waals surface area contributed by atoms with Crippen molar-refractivity contribution in [1.82, 2.24) is 20.0 Å². The number of rotatable bonds is 9. The van der Waals surface area contributed by atoms with Crippen LogP contribution in [-0.2, 0) is 33.6 Å². The summed E-state index contributed by atoms with van der Waals surface area (Å²) < 4.78 is 0. The van der Waals surface area contributed by atoms with Gasteiger partial charge in [0.05, 0.1) is 0 Å². The molecule has 2 heterocycles. The molecular weight excluding hydrogens is 586 g/mol. The van der Waals surface area contributed by atoms with Crippen molar-refractivity contribution in [3.05, 3.63) is 95.6 Å². The Morgan fingerprint density at radius 3 is 2.47 bits per heavy atom. The fraction of sp³-hybridized carbons (Fsp3) is 0.462. The van der Waals surface area contributed by atoms with E-state index in [4.69, 9.17) is 5.73 Å². The minimum Gasteiger partial charge on any atom is -0.354 e. The zero-order chi connectivity index (χ0) is 33.6. The zero-order valence-electron chi connectivity index (χ0n) is 28.5. The van der Waals surface area contributed by atoms with Crippen LogP contribution in [0.25, 0.3) is 10.8 Å². The van der Waals surface area contributed by atoms with Crippen LogP contribution in [0.3, 0.4) is 0 Å². The zero-order valence-corrected chi connectivity index (χ0v) is 28.5. The van der Waals surface area contributed by atoms with Crippen molar-refractivity contribution in [3.63, 3.8) is 0 Å². The summed E-state index contributed by atoms with van der Waals surface area (Å²) in [6, 6.07) is 21.3. The van der Waals surface area contributed by atoms with Gasteiger partial charge >= 0.3 is 0 Å². The lowest BCUT2D eigenvalue weighted by molar-refractivity contribution is -0.146. The van der Waals surface area contributed by atoms with Crippen LogP contribution in [0, 0.1) is 0 Å². The number of carbonyl (C=O) groups excluding carboxylic acids is 3. The van der Waals surface area contributed by atoms with Gasteiger partial charge in [0.25, 0.3) is 0 Å². The summed E-state index contributed by atoms with van der Waals surface area (Å²) in [4.78, 5) is 47.3. The number of nitrogens with zero attached hydrogens (tertiary/aromatic N) is 3. The molecule has 3 amide bonds. The fourth-order valence-corrected chi connectivity index (χ4v) is 7.06. The standard InChI is InChI=1S/C39H51N5O3/c1-5-39(40)20-9-14-36(45)43(3)35(26-29-15-17-31-18-16-30(27-39)24-32(31)23-29)38(47)44(4)34(25-28-11-7-6-8-12-28)37(46)41-21-19-33-13-10-22-42(33)2/h6-9,11-12,14-18,23-24,33-35H,5,10,13,19-22,25-27,40H2,1-4H3,(H,41,46)/b14-9+/t33?,34-,35-,39?/m1/s1. The Labute approximate surface area is 280 Å². The molecule has 3 N–H and O–H groups in total. The van der Waals surface area contributed by atoms with E-state index in [1.807, 2.05) is 42.5 Å². The molecule has 0 aliphatic carbocycles. The topological polar surface area (TPSA) is 99.0 Å². The van der Waals surface area contributed by atoms with Crippen molar-refractivity contribution in [2.45, 2.75) is 82.0 Å². The average molecular weight is 638 g/mol. The first-order chi connectivity index (χ1) is 22.6. The summed E-state index contributed by atoms with van der Waals surface area (Å²) in [6.45, 7) is 3.70. The first-order valence-corrected chi connectivity index (χ1v) is 17.1. The third-order valence-corrected chi connectivity index (χ3v) is 10.4. The number of nitrogens with one attached hydrogen (secondary N) is 1. The summed E-state index contributed by atoms with van der Waals surface area (Å²) in [6.07, 6.45) is 9.25. The van der Waals surface area contributed by atoms with Gasteiger partial charge in [-0.2, -0.15) is 0 Å². The quantitative estimate of drug-likeness (QED) is 0.361. The maximum Gasteiger partial charge on any atom is 0.246 e. The van der Waals surface area contributed by atoms with Crippen LogP contribution < -0.4 is 11.1 Å². The Balaban J connectivity index is 1.44. The molecule has 1 saturated heterocycles. The molecule has 2 aliphatic rings. The van der Waals surface area contributed by atoms with Gasteiger partial charge < -0.3 is 25.8 Å². The van der Waals surface area contributed by atoms with Gasteiger partial charge in [0.1, 0.15) is 12.1 Å². The predicted octanol–water partition coefficient (Wildman–Crippen LogP) is 4.49. The lowest BCUT2D eigenvalue weighted by Crippen LogP contribution is -2.56. The molecule has 4 atom stereocenters. The predicted molar refractivity (Wildman–Crippen MR) is 189 cm³/mol. The molecule has 3 bridgehead atoms. The van der Waals surface area contributed by atoms with Crippen LogP contribution in [-0.4, -0.2) is 90.3 Å². The van der Waals surface area contributed by atoms with Crippen molar-refractivity contribution in [2.24, 2.45) is 5.73 Å². The number of nitrogens with two attached hydrogens (primary N) is 1. The second-order valence-electron chi connectivity index (χ2n) is 13.7. The maximum atomic E-state index is 14.5. The molecule has 5 rings (SSSR count). The number of likely N-dealkylation sites (tertiary alicyclic amines) is 1. The highest BCUT2D eigenvalue weighted by Crippen LogP contribution is 2.26. The Kier molecular flexibility index (Phi) is 11.1. The van der Waals surface area contributed by atoms with Crippen molar-refractivity contribution in [1.29, 1.82) is 0 Å². The first-order valence-electron chi connectivity index (χ1n) is 17.1. The third-order valence-electron chi connectivity index (χ3n) is 10.4. The summed E-state index contributed by atoms with van der Waals surface area (Å²) in [7, 11) is 5.50. The van der Waals surface area contributed by atoms with E-state index in [2.05, 4.69) is 54.5 Å². The fourth-order valence-electron chi connectivity index (χ4n) is 7.06. The number of hydrogen-bond donors (Lipinski definition) is 2. The van der Waals surface area contributed by atoms with E-state index >= 15 is 0 Å². The van der Waals surface area contributed by atoms with E-state index in [0.717, 1.165) is 53.3 Å². The Morgan fingerprint density at radius 2 is 1.77 bits per heavy atom. The Morgan fingerprint density at radius 1 is 1.04 bits per heavy atom. The highest BCUT2D eigenvalue weighted by molar-refractivity contribution is 5.95. The van der Waals surface area contributed by atoms with Gasteiger partial charge in [0, 0.05) is 45.1 Å². The van der Waals surface area contributed by atoms with Crippen LogP contribution in [0.15, 0.2) is 78.9 Å². The number of hydrogen-bond acceptors (Lipinski definition) is 5. The minimum absolute atomic E-state index is 0.183. The number of likely N-dealkylation sites (N-methyl/N-ethyl adjacent to an activating group) is 2. The van der Waals surface area contributed by atoms with Gasteiger partial charge in [-0.1, -0.05) is 79.7 Å². The molecule has 2 aliphatic heterocycles. The second-order valence-corrected chi connectivity index (χ2v) is 13.7. The molecule has 3 aromatic rings. The molecule has 3 aromatic carbocycles. The largest absolute Gasteiger partial charge is 0.354 e. The van der Waals surface area contributed by atoms with E-state index in [1.54, 1.807) is 19.0 Å². The molecule has 0 aromatic heterocycles. The lowest BCUT2D eigenvalue weighted by atomic mass is 9.85. The maximum absolute atomic E-state index is 14.5. The number of fused-ring (bicyclic) bond motifs is 2. The minimum atomic E-state index is -0.812. The summed E-state index contributed by atoms with van der Waals surface area (Å²) in [5.74, 6) is -0.725. The molecule has 47 heavy (non-hydrogen) atoms. The highest BCUT2D eigenvalue weighted by Gasteiger charge is 2.35. The average Bonchev–Trinajstić information content (AvgIpc) is 3.48. The summed E-state index contributed by atoms with van der Waals surface area (Å²) in [5.41, 5.74) is 9.38. The van der Waals surface area contributed by atoms with Crippen LogP contribution in [0.2, 0.25) is 0 Å².